The van der Waals surface area contributed by atoms with Gasteiger partial charge < -0.3 is 9.84 Å². The monoisotopic (exact) mass is 606 g/mol. The summed E-state index contributed by atoms with van der Waals surface area (Å²) in [5.41, 5.74) is 1.62. The van der Waals surface area contributed by atoms with Crippen LogP contribution in [0.15, 0.2) is 120 Å². The fourth-order valence-corrected chi connectivity index (χ4v) is 7.17. The van der Waals surface area contributed by atoms with Crippen LogP contribution in [-0.2, 0) is 38.0 Å². The Morgan fingerprint density at radius 3 is 2.00 bits per heavy atom. The number of cyclic esters (lactones) is 1. The lowest BCUT2D eigenvalue weighted by atomic mass is 9.71. The topological polar surface area (TPSA) is 117 Å². The average Bonchev–Trinajstić information content (AvgIpc) is 3.21. The largest absolute Gasteiger partial charge is 0.507 e. The Balaban J connectivity index is 1.57. The maximum Gasteiger partial charge on any atom is 0.339 e. The molecule has 0 bridgehead atoms. The highest BCUT2D eigenvalue weighted by Crippen LogP contribution is 2.49. The number of ether oxygens (including phenoxy) is 1. The number of carbonyl (C=O) groups excluding carboxylic acids is 1. The molecule has 7 nitrogen and oxygen atoms in total. The standard InChI is InChI=1S/C36H34N2O5S/c1-35(2,3)32(29-16-10-15-27(19-29)24-44(41,42)30-18-17-28(22-37)23-38-30)31-33(39)36(43-34(31)40,20-25-11-6-4-7-12-25)21-26-13-8-5-9-14-26/h4-19,23,32,39H,20-21,24H2,1-3H3. The fraction of sp³-hybridized carbons (Fsp3) is 0.250. The molecule has 5 rings (SSSR count). The van der Waals surface area contributed by atoms with Crippen LogP contribution in [0.4, 0.5) is 0 Å². The summed E-state index contributed by atoms with van der Waals surface area (Å²) in [6.07, 6.45) is 1.81. The molecule has 4 aromatic rings. The van der Waals surface area contributed by atoms with Crippen LogP contribution in [0.5, 0.6) is 0 Å². The number of carbonyl (C=O) groups is 1. The minimum Gasteiger partial charge on any atom is -0.507 e. The Bertz CT molecular complexity index is 1800. The highest BCUT2D eigenvalue weighted by Gasteiger charge is 2.52. The van der Waals surface area contributed by atoms with Crippen LogP contribution in [0.1, 0.15) is 54.5 Å². The van der Waals surface area contributed by atoms with Crippen LogP contribution in [0.2, 0.25) is 0 Å². The lowest BCUT2D eigenvalue weighted by Gasteiger charge is -2.32. The summed E-state index contributed by atoms with van der Waals surface area (Å²) in [6.45, 7) is 5.93. The third-order valence-corrected chi connectivity index (χ3v) is 9.43. The van der Waals surface area contributed by atoms with Crippen molar-refractivity contribution in [3.05, 3.63) is 142 Å². The van der Waals surface area contributed by atoms with E-state index in [9.17, 15) is 18.3 Å². The van der Waals surface area contributed by atoms with E-state index in [-0.39, 0.29) is 40.5 Å². The van der Waals surface area contributed by atoms with Crippen LogP contribution >= 0.6 is 0 Å². The number of benzene rings is 3. The summed E-state index contributed by atoms with van der Waals surface area (Å²) in [4.78, 5) is 17.8. The summed E-state index contributed by atoms with van der Waals surface area (Å²) in [7, 11) is -3.82. The molecule has 0 spiro atoms. The van der Waals surface area contributed by atoms with Crippen LogP contribution in [-0.4, -0.2) is 30.1 Å². The second-order valence-electron chi connectivity index (χ2n) is 12.3. The van der Waals surface area contributed by atoms with Crippen LogP contribution < -0.4 is 0 Å². The van der Waals surface area contributed by atoms with Crippen molar-refractivity contribution in [2.75, 3.05) is 0 Å². The van der Waals surface area contributed by atoms with Crippen LogP contribution in [0.25, 0.3) is 0 Å². The van der Waals surface area contributed by atoms with Gasteiger partial charge in [-0.05, 0) is 39.8 Å². The lowest BCUT2D eigenvalue weighted by Crippen LogP contribution is -2.37. The number of aliphatic hydroxyl groups excluding tert-OH is 1. The van der Waals surface area contributed by atoms with E-state index in [0.717, 1.165) is 11.1 Å². The minimum absolute atomic E-state index is 0.102. The first-order valence-electron chi connectivity index (χ1n) is 14.3. The Kier molecular flexibility index (Phi) is 8.44. The van der Waals surface area contributed by atoms with Gasteiger partial charge in [0.2, 0.25) is 0 Å². The van der Waals surface area contributed by atoms with E-state index >= 15 is 0 Å². The molecule has 0 saturated carbocycles. The molecule has 0 aliphatic carbocycles. The Hall–Kier alpha value is -4.74. The molecule has 1 N–H and O–H groups in total. The van der Waals surface area contributed by atoms with Gasteiger partial charge >= 0.3 is 5.97 Å². The molecular weight excluding hydrogens is 572 g/mol. The molecule has 1 aliphatic heterocycles. The number of sulfone groups is 1. The van der Waals surface area contributed by atoms with E-state index < -0.39 is 32.7 Å². The first kappa shape index (κ1) is 30.7. The van der Waals surface area contributed by atoms with E-state index in [0.29, 0.717) is 11.1 Å². The molecule has 1 unspecified atom stereocenters. The lowest BCUT2D eigenvalue weighted by molar-refractivity contribution is -0.148. The number of hydrogen-bond acceptors (Lipinski definition) is 7. The molecule has 1 atom stereocenters. The Labute approximate surface area is 258 Å². The van der Waals surface area contributed by atoms with Crippen LogP contribution in [0.3, 0.4) is 0 Å². The maximum atomic E-state index is 13.8. The fourth-order valence-electron chi connectivity index (χ4n) is 5.92. The highest BCUT2D eigenvalue weighted by atomic mass is 32.2. The Morgan fingerprint density at radius 1 is 0.886 bits per heavy atom. The number of hydrogen-bond donors (Lipinski definition) is 1. The summed E-state index contributed by atoms with van der Waals surface area (Å²) >= 11 is 0. The van der Waals surface area contributed by atoms with Gasteiger partial charge in [-0.1, -0.05) is 106 Å². The zero-order valence-electron chi connectivity index (χ0n) is 24.9. The number of nitriles is 1. The second-order valence-corrected chi connectivity index (χ2v) is 14.2. The van der Waals surface area contributed by atoms with E-state index in [2.05, 4.69) is 4.98 Å². The third kappa shape index (κ3) is 6.43. The summed E-state index contributed by atoms with van der Waals surface area (Å²) in [5, 5.41) is 20.9. The van der Waals surface area contributed by atoms with E-state index in [1.807, 2.05) is 93.6 Å². The first-order chi connectivity index (χ1) is 20.9. The van der Waals surface area contributed by atoms with Crippen molar-refractivity contribution < 1.29 is 23.1 Å². The predicted octanol–water partition coefficient (Wildman–Crippen LogP) is 6.65. The number of esters is 1. The number of pyridine rings is 1. The van der Waals surface area contributed by atoms with Crippen molar-refractivity contribution in [3.63, 3.8) is 0 Å². The van der Waals surface area contributed by atoms with E-state index in [1.165, 1.54) is 18.3 Å². The maximum absolute atomic E-state index is 13.8. The predicted molar refractivity (Wildman–Crippen MR) is 167 cm³/mol. The van der Waals surface area contributed by atoms with Gasteiger partial charge in [0, 0.05) is 25.0 Å². The number of nitrogens with zero attached hydrogens (tertiary/aromatic N) is 2. The van der Waals surface area contributed by atoms with Gasteiger partial charge in [0.05, 0.1) is 16.9 Å². The number of aliphatic hydroxyl groups is 1. The average molecular weight is 607 g/mol. The molecule has 3 aromatic carbocycles. The second kappa shape index (κ2) is 12.1. The van der Waals surface area contributed by atoms with Crippen LogP contribution in [0, 0.1) is 16.7 Å². The zero-order chi connectivity index (χ0) is 31.5. The molecule has 8 heteroatoms. The van der Waals surface area contributed by atoms with Gasteiger partial charge in [-0.3, -0.25) is 0 Å². The van der Waals surface area contributed by atoms with Crippen molar-refractivity contribution in [1.82, 2.24) is 4.98 Å². The van der Waals surface area contributed by atoms with Crippen molar-refractivity contribution in [1.29, 1.82) is 5.26 Å². The molecule has 0 fully saturated rings. The molecule has 1 aromatic heterocycles. The molecule has 0 radical (unpaired) electrons. The van der Waals surface area contributed by atoms with Crippen molar-refractivity contribution in [2.45, 2.75) is 55.9 Å². The van der Waals surface area contributed by atoms with Gasteiger partial charge in [0.25, 0.3) is 0 Å². The third-order valence-electron chi connectivity index (χ3n) is 7.84. The summed E-state index contributed by atoms with van der Waals surface area (Å²) in [5.74, 6) is -1.61. The van der Waals surface area contributed by atoms with Crippen molar-refractivity contribution in [2.24, 2.45) is 5.41 Å². The molecule has 1 aliphatic rings. The summed E-state index contributed by atoms with van der Waals surface area (Å²) < 4.78 is 32.6. The SMILES string of the molecule is CC(C)(C)C(C1=C(O)C(Cc2ccccc2)(Cc2ccccc2)OC1=O)c1cccc(CS(=O)(=O)c2ccc(C#N)cn2)c1. The van der Waals surface area contributed by atoms with Gasteiger partial charge in [0.15, 0.2) is 20.5 Å². The van der Waals surface area contributed by atoms with Crippen molar-refractivity contribution in [3.8, 4) is 6.07 Å². The minimum atomic E-state index is -3.82. The quantitative estimate of drug-likeness (QED) is 0.212. The number of aromatic nitrogens is 1. The zero-order valence-corrected chi connectivity index (χ0v) is 25.7. The van der Waals surface area contributed by atoms with E-state index in [1.54, 1.807) is 18.2 Å². The first-order valence-corrected chi connectivity index (χ1v) is 16.0. The molecule has 0 saturated heterocycles. The molecule has 2 heterocycles. The van der Waals surface area contributed by atoms with Gasteiger partial charge in [-0.15, -0.1) is 0 Å². The number of rotatable bonds is 9. The molecule has 44 heavy (non-hydrogen) atoms. The summed E-state index contributed by atoms with van der Waals surface area (Å²) in [6, 6.07) is 31.0. The molecular formula is C36H34N2O5S. The van der Waals surface area contributed by atoms with E-state index in [4.69, 9.17) is 10.00 Å². The smallest absolute Gasteiger partial charge is 0.339 e. The van der Waals surface area contributed by atoms with Gasteiger partial charge in [0.1, 0.15) is 11.8 Å². The van der Waals surface area contributed by atoms with Crippen molar-refractivity contribution >= 4 is 15.8 Å². The normalized spacial score (nSPS) is 15.5. The Morgan fingerprint density at radius 2 is 1.48 bits per heavy atom. The molecule has 0 amide bonds. The molecule has 224 valence electrons. The van der Waals surface area contributed by atoms with Gasteiger partial charge in [-0.2, -0.15) is 5.26 Å². The van der Waals surface area contributed by atoms with Gasteiger partial charge in [-0.25, -0.2) is 18.2 Å². The highest BCUT2D eigenvalue weighted by molar-refractivity contribution is 7.90.